The van der Waals surface area contributed by atoms with Crippen LogP contribution in [0.2, 0.25) is 0 Å². The van der Waals surface area contributed by atoms with Gasteiger partial charge in [-0.1, -0.05) is 0 Å². The van der Waals surface area contributed by atoms with Crippen molar-refractivity contribution in [1.82, 2.24) is 0 Å². The molecule has 0 N–H and O–H groups in total. The maximum atomic E-state index is 10.6. The SMILES string of the molecule is CC(C#N)C1CS(=O)(=O)C1. The molecule has 0 radical (unpaired) electrons. The van der Waals surface area contributed by atoms with Gasteiger partial charge in [0.15, 0.2) is 9.84 Å². The van der Waals surface area contributed by atoms with Gasteiger partial charge in [0.05, 0.1) is 17.6 Å². The van der Waals surface area contributed by atoms with Crippen LogP contribution in [0.25, 0.3) is 0 Å². The van der Waals surface area contributed by atoms with E-state index in [0.717, 1.165) is 0 Å². The molecule has 1 fully saturated rings. The first-order valence-corrected chi connectivity index (χ1v) is 4.97. The molecule has 56 valence electrons. The van der Waals surface area contributed by atoms with Crippen LogP contribution >= 0.6 is 0 Å². The zero-order valence-corrected chi connectivity index (χ0v) is 6.56. The van der Waals surface area contributed by atoms with Gasteiger partial charge < -0.3 is 0 Å². The molecule has 0 aromatic carbocycles. The number of nitriles is 1. The van der Waals surface area contributed by atoms with Crippen LogP contribution in [0.4, 0.5) is 0 Å². The summed E-state index contributed by atoms with van der Waals surface area (Å²) >= 11 is 0. The van der Waals surface area contributed by atoms with E-state index in [9.17, 15) is 8.42 Å². The van der Waals surface area contributed by atoms with Crippen LogP contribution in [0.1, 0.15) is 6.92 Å². The lowest BCUT2D eigenvalue weighted by atomic mass is 9.99. The van der Waals surface area contributed by atoms with Crippen molar-refractivity contribution >= 4 is 9.84 Å². The van der Waals surface area contributed by atoms with Crippen molar-refractivity contribution in [2.45, 2.75) is 6.92 Å². The summed E-state index contributed by atoms with van der Waals surface area (Å²) < 4.78 is 21.2. The van der Waals surface area contributed by atoms with E-state index in [4.69, 9.17) is 5.26 Å². The second kappa shape index (κ2) is 2.24. The highest BCUT2D eigenvalue weighted by atomic mass is 32.2. The highest BCUT2D eigenvalue weighted by Gasteiger charge is 2.36. The Labute approximate surface area is 60.6 Å². The molecule has 1 rings (SSSR count). The van der Waals surface area contributed by atoms with Crippen LogP contribution in [0, 0.1) is 23.2 Å². The maximum absolute atomic E-state index is 10.6. The first kappa shape index (κ1) is 7.55. The van der Waals surface area contributed by atoms with E-state index in [1.54, 1.807) is 6.92 Å². The summed E-state index contributed by atoms with van der Waals surface area (Å²) in [4.78, 5) is 0. The molecule has 0 spiro atoms. The van der Waals surface area contributed by atoms with Crippen molar-refractivity contribution in [3.63, 3.8) is 0 Å². The molecular formula is C6H9NO2S. The summed E-state index contributed by atoms with van der Waals surface area (Å²) in [5.41, 5.74) is 0. The van der Waals surface area contributed by atoms with Crippen molar-refractivity contribution in [1.29, 1.82) is 5.26 Å². The fourth-order valence-corrected chi connectivity index (χ4v) is 2.78. The molecule has 10 heavy (non-hydrogen) atoms. The number of hydrogen-bond donors (Lipinski definition) is 0. The summed E-state index contributed by atoms with van der Waals surface area (Å²) in [5, 5.41) is 8.40. The third kappa shape index (κ3) is 1.29. The Kier molecular flexibility index (Phi) is 1.69. The molecule has 0 amide bonds. The van der Waals surface area contributed by atoms with Crippen LogP contribution < -0.4 is 0 Å². The molecule has 0 aromatic rings. The third-order valence-corrected chi connectivity index (χ3v) is 3.72. The van der Waals surface area contributed by atoms with Crippen molar-refractivity contribution in [3.05, 3.63) is 0 Å². The first-order valence-electron chi connectivity index (χ1n) is 3.15. The third-order valence-electron chi connectivity index (χ3n) is 1.85. The van der Waals surface area contributed by atoms with E-state index in [-0.39, 0.29) is 23.3 Å². The van der Waals surface area contributed by atoms with Crippen LogP contribution in [-0.4, -0.2) is 19.9 Å². The smallest absolute Gasteiger partial charge is 0.151 e. The monoisotopic (exact) mass is 159 g/mol. The molecule has 1 heterocycles. The van der Waals surface area contributed by atoms with Gasteiger partial charge in [-0.3, -0.25) is 0 Å². The average molecular weight is 159 g/mol. The molecule has 1 aliphatic rings. The predicted octanol–water partition coefficient (Wildman–Crippen LogP) is 0.191. The Morgan fingerprint density at radius 2 is 2.10 bits per heavy atom. The summed E-state index contributed by atoms with van der Waals surface area (Å²) in [6.07, 6.45) is 0. The summed E-state index contributed by atoms with van der Waals surface area (Å²) in [6.45, 7) is 1.76. The molecule has 0 aliphatic carbocycles. The Morgan fingerprint density at radius 3 is 2.40 bits per heavy atom. The van der Waals surface area contributed by atoms with Crippen LogP contribution in [-0.2, 0) is 9.84 Å². The highest BCUT2D eigenvalue weighted by molar-refractivity contribution is 7.92. The molecule has 4 heteroatoms. The Morgan fingerprint density at radius 1 is 1.60 bits per heavy atom. The molecule has 1 atom stereocenters. The fourth-order valence-electron chi connectivity index (χ4n) is 0.998. The number of rotatable bonds is 1. The molecule has 0 aromatic heterocycles. The predicted molar refractivity (Wildman–Crippen MR) is 36.9 cm³/mol. The van der Waals surface area contributed by atoms with Crippen LogP contribution in [0.15, 0.2) is 0 Å². The Bertz CT molecular complexity index is 250. The summed E-state index contributed by atoms with van der Waals surface area (Å²) in [5.74, 6) is 0.405. The number of sulfone groups is 1. The molecule has 0 saturated carbocycles. The van der Waals surface area contributed by atoms with Crippen molar-refractivity contribution in [2.75, 3.05) is 11.5 Å². The van der Waals surface area contributed by atoms with E-state index in [0.29, 0.717) is 0 Å². The normalized spacial score (nSPS) is 26.4. The number of nitrogens with zero attached hydrogens (tertiary/aromatic N) is 1. The van der Waals surface area contributed by atoms with Gasteiger partial charge in [0.1, 0.15) is 0 Å². The lowest BCUT2D eigenvalue weighted by Crippen LogP contribution is -2.39. The molecule has 3 nitrogen and oxygen atoms in total. The van der Waals surface area contributed by atoms with Gasteiger partial charge in [-0.25, -0.2) is 8.42 Å². The maximum Gasteiger partial charge on any atom is 0.151 e. The van der Waals surface area contributed by atoms with Gasteiger partial charge in [-0.15, -0.1) is 0 Å². The molecule has 1 aliphatic heterocycles. The molecule has 0 bridgehead atoms. The topological polar surface area (TPSA) is 57.9 Å². The van der Waals surface area contributed by atoms with Gasteiger partial charge in [0.2, 0.25) is 0 Å². The lowest BCUT2D eigenvalue weighted by molar-refractivity contribution is 0.456. The molecule has 1 unspecified atom stereocenters. The summed E-state index contributed by atoms with van der Waals surface area (Å²) in [6, 6.07) is 2.04. The van der Waals surface area contributed by atoms with E-state index in [2.05, 4.69) is 0 Å². The molecular weight excluding hydrogens is 150 g/mol. The van der Waals surface area contributed by atoms with E-state index in [1.165, 1.54) is 0 Å². The average Bonchev–Trinajstić information content (AvgIpc) is 1.81. The second-order valence-electron chi connectivity index (χ2n) is 2.75. The first-order chi connectivity index (χ1) is 4.55. The van der Waals surface area contributed by atoms with Gasteiger partial charge in [-0.05, 0) is 6.92 Å². The largest absolute Gasteiger partial charge is 0.229 e. The van der Waals surface area contributed by atoms with Crippen LogP contribution in [0.5, 0.6) is 0 Å². The van der Waals surface area contributed by atoms with Gasteiger partial charge in [0.25, 0.3) is 0 Å². The minimum absolute atomic E-state index is 0.0926. The lowest BCUT2D eigenvalue weighted by Gasteiger charge is -2.27. The second-order valence-corrected chi connectivity index (χ2v) is 4.91. The standard InChI is InChI=1S/C6H9NO2S/c1-5(2-7)6-3-10(8,9)4-6/h5-6H,3-4H2,1H3. The Hall–Kier alpha value is -0.560. The van der Waals surface area contributed by atoms with E-state index >= 15 is 0 Å². The van der Waals surface area contributed by atoms with Crippen molar-refractivity contribution in [3.8, 4) is 6.07 Å². The minimum atomic E-state index is -2.74. The fraction of sp³-hybridized carbons (Fsp3) is 0.833. The number of hydrogen-bond acceptors (Lipinski definition) is 3. The van der Waals surface area contributed by atoms with E-state index < -0.39 is 9.84 Å². The minimum Gasteiger partial charge on any atom is -0.229 e. The van der Waals surface area contributed by atoms with E-state index in [1.807, 2.05) is 6.07 Å². The zero-order valence-electron chi connectivity index (χ0n) is 5.74. The summed E-state index contributed by atoms with van der Waals surface area (Å²) in [7, 11) is -2.74. The van der Waals surface area contributed by atoms with Gasteiger partial charge in [0, 0.05) is 11.8 Å². The van der Waals surface area contributed by atoms with Crippen molar-refractivity contribution < 1.29 is 8.42 Å². The zero-order chi connectivity index (χ0) is 7.78. The molecule has 1 saturated heterocycles. The van der Waals surface area contributed by atoms with Gasteiger partial charge in [-0.2, -0.15) is 5.26 Å². The quantitative estimate of drug-likeness (QED) is 0.548. The van der Waals surface area contributed by atoms with Crippen molar-refractivity contribution in [2.24, 2.45) is 11.8 Å². The van der Waals surface area contributed by atoms with Gasteiger partial charge >= 0.3 is 0 Å². The highest BCUT2D eigenvalue weighted by Crippen LogP contribution is 2.25. The van der Waals surface area contributed by atoms with Crippen LogP contribution in [0.3, 0.4) is 0 Å². The Balaban J connectivity index is 2.49.